The minimum atomic E-state index is -0.240. The zero-order valence-electron chi connectivity index (χ0n) is 14.9. The van der Waals surface area contributed by atoms with Gasteiger partial charge in [-0.05, 0) is 32.9 Å². The van der Waals surface area contributed by atoms with Crippen LogP contribution in [0.3, 0.4) is 0 Å². The molecule has 1 fully saturated rings. The SMILES string of the molecule is CCOC(=O)N1CCN([C@H](C)c2noc(-c3cccc(C)c3)n2)CC1. The van der Waals surface area contributed by atoms with E-state index in [0.717, 1.165) is 24.2 Å². The van der Waals surface area contributed by atoms with Crippen LogP contribution in [0.25, 0.3) is 11.5 Å². The molecule has 2 aromatic rings. The predicted octanol–water partition coefficient (Wildman–Crippen LogP) is 2.88. The smallest absolute Gasteiger partial charge is 0.409 e. The predicted molar refractivity (Wildman–Crippen MR) is 93.1 cm³/mol. The van der Waals surface area contributed by atoms with Crippen molar-refractivity contribution in [2.45, 2.75) is 26.8 Å². The zero-order chi connectivity index (χ0) is 17.8. The van der Waals surface area contributed by atoms with Crippen LogP contribution in [-0.2, 0) is 4.74 Å². The fraction of sp³-hybridized carbons (Fsp3) is 0.500. The van der Waals surface area contributed by atoms with Crippen molar-refractivity contribution in [1.29, 1.82) is 0 Å². The minimum Gasteiger partial charge on any atom is -0.450 e. The van der Waals surface area contributed by atoms with Gasteiger partial charge in [0.05, 0.1) is 12.6 Å². The van der Waals surface area contributed by atoms with Crippen LogP contribution in [0.4, 0.5) is 4.79 Å². The van der Waals surface area contributed by atoms with Crippen LogP contribution in [0.2, 0.25) is 0 Å². The van der Waals surface area contributed by atoms with Crippen molar-refractivity contribution in [3.63, 3.8) is 0 Å². The van der Waals surface area contributed by atoms with Crippen molar-refractivity contribution < 1.29 is 14.1 Å². The molecular weight excluding hydrogens is 320 g/mol. The van der Waals surface area contributed by atoms with Gasteiger partial charge in [0, 0.05) is 31.7 Å². The number of aryl methyl sites for hydroxylation is 1. The lowest BCUT2D eigenvalue weighted by molar-refractivity contribution is 0.0669. The lowest BCUT2D eigenvalue weighted by Gasteiger charge is -2.36. The summed E-state index contributed by atoms with van der Waals surface area (Å²) in [6.45, 7) is 9.12. The molecule has 2 heterocycles. The van der Waals surface area contributed by atoms with Gasteiger partial charge in [0.1, 0.15) is 0 Å². The van der Waals surface area contributed by atoms with Crippen LogP contribution in [0, 0.1) is 6.92 Å². The molecule has 7 heteroatoms. The van der Waals surface area contributed by atoms with Crippen LogP contribution < -0.4 is 0 Å². The molecule has 1 aliphatic heterocycles. The van der Waals surface area contributed by atoms with Crippen molar-refractivity contribution in [3.8, 4) is 11.5 Å². The summed E-state index contributed by atoms with van der Waals surface area (Å²) in [7, 11) is 0. The molecule has 0 aliphatic carbocycles. The van der Waals surface area contributed by atoms with E-state index in [4.69, 9.17) is 9.26 Å². The van der Waals surface area contributed by atoms with Crippen LogP contribution in [0.5, 0.6) is 0 Å². The zero-order valence-corrected chi connectivity index (χ0v) is 14.9. The molecule has 1 aromatic heterocycles. The van der Waals surface area contributed by atoms with Gasteiger partial charge in [0.15, 0.2) is 5.82 Å². The van der Waals surface area contributed by atoms with Gasteiger partial charge in [0.25, 0.3) is 5.89 Å². The van der Waals surface area contributed by atoms with Crippen LogP contribution in [-0.4, -0.2) is 58.8 Å². The second-order valence-corrected chi connectivity index (χ2v) is 6.23. The molecule has 1 amide bonds. The maximum absolute atomic E-state index is 11.8. The maximum atomic E-state index is 11.8. The molecule has 1 aliphatic rings. The third-order valence-electron chi connectivity index (χ3n) is 4.47. The Labute approximate surface area is 147 Å². The van der Waals surface area contributed by atoms with E-state index in [1.807, 2.05) is 38.1 Å². The van der Waals surface area contributed by atoms with Crippen LogP contribution in [0.1, 0.15) is 31.3 Å². The van der Waals surface area contributed by atoms with Crippen molar-refractivity contribution >= 4 is 6.09 Å². The van der Waals surface area contributed by atoms with Gasteiger partial charge >= 0.3 is 6.09 Å². The number of hydrogen-bond acceptors (Lipinski definition) is 6. The number of carbonyl (C=O) groups excluding carboxylic acids is 1. The average Bonchev–Trinajstić information content (AvgIpc) is 3.11. The number of ether oxygens (including phenoxy) is 1. The molecule has 7 nitrogen and oxygen atoms in total. The average molecular weight is 344 g/mol. The largest absolute Gasteiger partial charge is 0.450 e. The highest BCUT2D eigenvalue weighted by Gasteiger charge is 2.27. The van der Waals surface area contributed by atoms with E-state index in [1.165, 1.54) is 0 Å². The number of hydrogen-bond donors (Lipinski definition) is 0. The van der Waals surface area contributed by atoms with Crippen LogP contribution >= 0.6 is 0 Å². The molecule has 25 heavy (non-hydrogen) atoms. The van der Waals surface area contributed by atoms with Gasteiger partial charge in [-0.15, -0.1) is 0 Å². The third kappa shape index (κ3) is 3.99. The molecule has 0 saturated carbocycles. The van der Waals surface area contributed by atoms with E-state index in [1.54, 1.807) is 4.90 Å². The van der Waals surface area contributed by atoms with Gasteiger partial charge in [-0.1, -0.05) is 22.9 Å². The summed E-state index contributed by atoms with van der Waals surface area (Å²) >= 11 is 0. The Hall–Kier alpha value is -2.41. The van der Waals surface area contributed by atoms with Crippen molar-refractivity contribution in [1.82, 2.24) is 19.9 Å². The monoisotopic (exact) mass is 344 g/mol. The third-order valence-corrected chi connectivity index (χ3v) is 4.47. The summed E-state index contributed by atoms with van der Waals surface area (Å²) in [6, 6.07) is 8.04. The highest BCUT2D eigenvalue weighted by atomic mass is 16.6. The molecule has 134 valence electrons. The van der Waals surface area contributed by atoms with Crippen molar-refractivity contribution in [3.05, 3.63) is 35.7 Å². The summed E-state index contributed by atoms with van der Waals surface area (Å²) in [5, 5.41) is 4.15. The second-order valence-electron chi connectivity index (χ2n) is 6.23. The minimum absolute atomic E-state index is 0.0339. The Balaban J connectivity index is 1.63. The van der Waals surface area contributed by atoms with Gasteiger partial charge in [-0.25, -0.2) is 4.79 Å². The number of rotatable bonds is 4. The molecule has 0 unspecified atom stereocenters. The number of benzene rings is 1. The highest BCUT2D eigenvalue weighted by Crippen LogP contribution is 2.24. The summed E-state index contributed by atoms with van der Waals surface area (Å²) in [4.78, 5) is 20.3. The number of amides is 1. The Morgan fingerprint density at radius 2 is 2.08 bits per heavy atom. The lowest BCUT2D eigenvalue weighted by Crippen LogP contribution is -2.49. The number of piperazine rings is 1. The second kappa shape index (κ2) is 7.65. The fourth-order valence-corrected chi connectivity index (χ4v) is 2.97. The van der Waals surface area contributed by atoms with E-state index >= 15 is 0 Å². The first kappa shape index (κ1) is 17.4. The highest BCUT2D eigenvalue weighted by molar-refractivity contribution is 5.67. The van der Waals surface area contributed by atoms with E-state index in [0.29, 0.717) is 31.4 Å². The number of nitrogens with zero attached hydrogens (tertiary/aromatic N) is 4. The molecule has 0 radical (unpaired) electrons. The summed E-state index contributed by atoms with van der Waals surface area (Å²) in [6.07, 6.45) is -0.240. The fourth-order valence-electron chi connectivity index (χ4n) is 2.97. The Morgan fingerprint density at radius 1 is 1.32 bits per heavy atom. The first-order chi connectivity index (χ1) is 12.1. The molecule has 1 aromatic carbocycles. The number of aromatic nitrogens is 2. The maximum Gasteiger partial charge on any atom is 0.409 e. The molecule has 1 atom stereocenters. The quantitative estimate of drug-likeness (QED) is 0.849. The number of carbonyl (C=O) groups is 1. The lowest BCUT2D eigenvalue weighted by atomic mass is 10.1. The Bertz CT molecular complexity index is 723. The normalized spacial score (nSPS) is 16.7. The Kier molecular flexibility index (Phi) is 5.33. The van der Waals surface area contributed by atoms with E-state index in [2.05, 4.69) is 22.0 Å². The van der Waals surface area contributed by atoms with E-state index in [9.17, 15) is 4.79 Å². The van der Waals surface area contributed by atoms with Crippen molar-refractivity contribution in [2.75, 3.05) is 32.8 Å². The summed E-state index contributed by atoms with van der Waals surface area (Å²) < 4.78 is 10.5. The Morgan fingerprint density at radius 3 is 2.76 bits per heavy atom. The van der Waals surface area contributed by atoms with Gasteiger partial charge in [-0.3, -0.25) is 4.90 Å². The van der Waals surface area contributed by atoms with Gasteiger partial charge in [0.2, 0.25) is 0 Å². The molecule has 0 bridgehead atoms. The van der Waals surface area contributed by atoms with E-state index in [-0.39, 0.29) is 12.1 Å². The van der Waals surface area contributed by atoms with Crippen molar-refractivity contribution in [2.24, 2.45) is 0 Å². The first-order valence-electron chi connectivity index (χ1n) is 8.65. The van der Waals surface area contributed by atoms with Gasteiger partial charge in [-0.2, -0.15) is 4.98 Å². The van der Waals surface area contributed by atoms with Gasteiger partial charge < -0.3 is 14.2 Å². The standard InChI is InChI=1S/C18H24N4O3/c1-4-24-18(23)22-10-8-21(9-11-22)14(3)16-19-17(25-20-16)15-7-5-6-13(2)12-15/h5-7,12,14H,4,8-11H2,1-3H3/t14-/m1/s1. The van der Waals surface area contributed by atoms with E-state index < -0.39 is 0 Å². The summed E-state index contributed by atoms with van der Waals surface area (Å²) in [5.41, 5.74) is 2.08. The topological polar surface area (TPSA) is 71.7 Å². The molecular formula is C18H24N4O3. The molecule has 0 spiro atoms. The summed E-state index contributed by atoms with van der Waals surface area (Å²) in [5.74, 6) is 1.21. The molecule has 3 rings (SSSR count). The van der Waals surface area contributed by atoms with Crippen LogP contribution in [0.15, 0.2) is 28.8 Å². The molecule has 0 N–H and O–H groups in total. The first-order valence-corrected chi connectivity index (χ1v) is 8.65. The molecule has 1 saturated heterocycles.